The van der Waals surface area contributed by atoms with Gasteiger partial charge in [0.25, 0.3) is 0 Å². The van der Waals surface area contributed by atoms with Gasteiger partial charge in [-0.25, -0.2) is 0 Å². The Balaban J connectivity index is 2.83. The number of rotatable bonds is 5. The van der Waals surface area contributed by atoms with Gasteiger partial charge in [0.1, 0.15) is 0 Å². The molecule has 1 N–H and O–H groups in total. The van der Waals surface area contributed by atoms with Crippen LogP contribution in [0.4, 0.5) is 0 Å². The molecule has 1 nitrogen and oxygen atoms in total. The quantitative estimate of drug-likeness (QED) is 0.527. The molecule has 1 fully saturated rings. The molecule has 0 aromatic heterocycles. The Bertz CT molecular complexity index is 447. The first-order chi connectivity index (χ1) is 9.59. The SMILES string of the molecule is C=C[C@]1(C)CC[C@@H](/C(C)=C/C=C/C(C)(C)O)C[C@H]1C(=C)C. The molecule has 0 aromatic carbocycles. The van der Waals surface area contributed by atoms with E-state index >= 15 is 0 Å². The Hall–Kier alpha value is -1.08. The molecule has 21 heavy (non-hydrogen) atoms. The zero-order valence-electron chi connectivity index (χ0n) is 14.4. The summed E-state index contributed by atoms with van der Waals surface area (Å²) in [4.78, 5) is 0. The van der Waals surface area contributed by atoms with Crippen molar-refractivity contribution in [3.8, 4) is 0 Å². The second kappa shape index (κ2) is 6.79. The van der Waals surface area contributed by atoms with Crippen molar-refractivity contribution in [1.82, 2.24) is 0 Å². The van der Waals surface area contributed by atoms with Gasteiger partial charge in [0.2, 0.25) is 0 Å². The maximum Gasteiger partial charge on any atom is 0.0774 e. The predicted molar refractivity (Wildman–Crippen MR) is 93.1 cm³/mol. The van der Waals surface area contributed by atoms with Crippen molar-refractivity contribution in [2.24, 2.45) is 17.3 Å². The zero-order valence-corrected chi connectivity index (χ0v) is 14.4. The standard InChI is InChI=1S/C20H32O/c1-8-20(7)13-11-17(14-18(20)15(2)3)16(4)10-9-12-19(5,6)21/h8-10,12,17-18,21H,1-2,11,13-14H2,3-7H3/b12-9+,16-10+/t17-,18+,20-/m1/s1. The van der Waals surface area contributed by atoms with Crippen molar-refractivity contribution in [1.29, 1.82) is 0 Å². The van der Waals surface area contributed by atoms with Gasteiger partial charge in [-0.15, -0.1) is 6.58 Å². The summed E-state index contributed by atoms with van der Waals surface area (Å²) in [5.74, 6) is 1.11. The summed E-state index contributed by atoms with van der Waals surface area (Å²) in [6.45, 7) is 18.5. The minimum Gasteiger partial charge on any atom is -0.386 e. The van der Waals surface area contributed by atoms with Gasteiger partial charge < -0.3 is 5.11 Å². The molecule has 0 radical (unpaired) electrons. The molecule has 1 aliphatic carbocycles. The van der Waals surface area contributed by atoms with E-state index in [0.717, 1.165) is 6.42 Å². The average Bonchev–Trinajstić information content (AvgIpc) is 2.37. The molecule has 0 saturated heterocycles. The van der Waals surface area contributed by atoms with Gasteiger partial charge in [-0.3, -0.25) is 0 Å². The Morgan fingerprint density at radius 1 is 1.33 bits per heavy atom. The van der Waals surface area contributed by atoms with Gasteiger partial charge in [0.05, 0.1) is 5.60 Å². The van der Waals surface area contributed by atoms with Crippen molar-refractivity contribution in [2.45, 2.75) is 59.5 Å². The topological polar surface area (TPSA) is 20.2 Å². The molecule has 1 aliphatic rings. The van der Waals surface area contributed by atoms with E-state index in [1.807, 2.05) is 12.2 Å². The molecule has 1 saturated carbocycles. The first-order valence-electron chi connectivity index (χ1n) is 7.96. The number of allylic oxidation sites excluding steroid dienone is 5. The summed E-state index contributed by atoms with van der Waals surface area (Å²) in [7, 11) is 0. The lowest BCUT2D eigenvalue weighted by molar-refractivity contribution is 0.133. The molecule has 1 heteroatoms. The fourth-order valence-electron chi connectivity index (χ4n) is 3.32. The average molecular weight is 288 g/mol. The van der Waals surface area contributed by atoms with Crippen LogP contribution >= 0.6 is 0 Å². The second-order valence-electron chi connectivity index (χ2n) is 7.50. The van der Waals surface area contributed by atoms with E-state index in [1.165, 1.54) is 24.0 Å². The molecule has 0 unspecified atom stereocenters. The number of hydrogen-bond acceptors (Lipinski definition) is 1. The van der Waals surface area contributed by atoms with Crippen LogP contribution in [-0.4, -0.2) is 10.7 Å². The predicted octanol–water partition coefficient (Wildman–Crippen LogP) is 5.44. The van der Waals surface area contributed by atoms with Gasteiger partial charge in [-0.05, 0) is 64.2 Å². The van der Waals surface area contributed by atoms with Crippen molar-refractivity contribution >= 4 is 0 Å². The van der Waals surface area contributed by atoms with Crippen LogP contribution in [0.2, 0.25) is 0 Å². The normalized spacial score (nSPS) is 31.4. The summed E-state index contributed by atoms with van der Waals surface area (Å²) in [6, 6.07) is 0. The van der Waals surface area contributed by atoms with E-state index in [0.29, 0.717) is 11.8 Å². The summed E-state index contributed by atoms with van der Waals surface area (Å²) in [6.07, 6.45) is 11.6. The van der Waals surface area contributed by atoms with E-state index in [9.17, 15) is 5.11 Å². The largest absolute Gasteiger partial charge is 0.386 e. The highest BCUT2D eigenvalue weighted by molar-refractivity contribution is 5.20. The zero-order chi connectivity index (χ0) is 16.3. The van der Waals surface area contributed by atoms with Gasteiger partial charge in [-0.2, -0.15) is 0 Å². The summed E-state index contributed by atoms with van der Waals surface area (Å²) >= 11 is 0. The lowest BCUT2D eigenvalue weighted by Gasteiger charge is -2.43. The number of aliphatic hydroxyl groups is 1. The Morgan fingerprint density at radius 3 is 2.43 bits per heavy atom. The third-order valence-electron chi connectivity index (χ3n) is 4.92. The summed E-state index contributed by atoms with van der Waals surface area (Å²) in [5, 5.41) is 9.72. The van der Waals surface area contributed by atoms with E-state index in [2.05, 4.69) is 46.1 Å². The molecule has 1 rings (SSSR count). The monoisotopic (exact) mass is 288 g/mol. The van der Waals surface area contributed by atoms with Crippen LogP contribution in [0.1, 0.15) is 53.9 Å². The fraction of sp³-hybridized carbons (Fsp3) is 0.600. The van der Waals surface area contributed by atoms with Crippen molar-refractivity contribution in [3.63, 3.8) is 0 Å². The molecule has 118 valence electrons. The van der Waals surface area contributed by atoms with Crippen LogP contribution < -0.4 is 0 Å². The lowest BCUT2D eigenvalue weighted by Crippen LogP contribution is -2.33. The Morgan fingerprint density at radius 2 is 1.95 bits per heavy atom. The molecule has 0 spiro atoms. The van der Waals surface area contributed by atoms with Crippen LogP contribution in [0.25, 0.3) is 0 Å². The molecule has 3 atom stereocenters. The van der Waals surface area contributed by atoms with Crippen LogP contribution in [0, 0.1) is 17.3 Å². The second-order valence-corrected chi connectivity index (χ2v) is 7.50. The third kappa shape index (κ3) is 5.00. The number of hydrogen-bond donors (Lipinski definition) is 1. The smallest absolute Gasteiger partial charge is 0.0774 e. The molecule has 0 aromatic rings. The third-order valence-corrected chi connectivity index (χ3v) is 4.92. The maximum absolute atomic E-state index is 9.72. The van der Waals surface area contributed by atoms with E-state index < -0.39 is 5.60 Å². The Kier molecular flexibility index (Phi) is 5.81. The maximum atomic E-state index is 9.72. The van der Waals surface area contributed by atoms with Crippen LogP contribution in [0.15, 0.2) is 48.6 Å². The van der Waals surface area contributed by atoms with Crippen molar-refractivity contribution < 1.29 is 5.11 Å². The van der Waals surface area contributed by atoms with Gasteiger partial charge in [0.15, 0.2) is 0 Å². The van der Waals surface area contributed by atoms with Crippen molar-refractivity contribution in [3.05, 3.63) is 48.6 Å². The van der Waals surface area contributed by atoms with Crippen LogP contribution in [0.5, 0.6) is 0 Å². The van der Waals surface area contributed by atoms with E-state index in [-0.39, 0.29) is 5.41 Å². The lowest BCUT2D eigenvalue weighted by atomic mass is 9.61. The highest BCUT2D eigenvalue weighted by Gasteiger charge is 2.38. The Labute approximate surface area is 131 Å². The van der Waals surface area contributed by atoms with Crippen LogP contribution in [-0.2, 0) is 0 Å². The van der Waals surface area contributed by atoms with Crippen molar-refractivity contribution in [2.75, 3.05) is 0 Å². The summed E-state index contributed by atoms with van der Waals surface area (Å²) < 4.78 is 0. The first kappa shape index (κ1) is 18.0. The van der Waals surface area contributed by atoms with E-state index in [1.54, 1.807) is 13.8 Å². The minimum atomic E-state index is -0.745. The highest BCUT2D eigenvalue weighted by Crippen LogP contribution is 2.48. The molecule has 0 bridgehead atoms. The highest BCUT2D eigenvalue weighted by atomic mass is 16.3. The molecule has 0 amide bonds. The summed E-state index contributed by atoms with van der Waals surface area (Å²) in [5.41, 5.74) is 2.10. The van der Waals surface area contributed by atoms with Gasteiger partial charge in [0, 0.05) is 0 Å². The molecular formula is C20H32O. The van der Waals surface area contributed by atoms with E-state index in [4.69, 9.17) is 0 Å². The van der Waals surface area contributed by atoms with Gasteiger partial charge >= 0.3 is 0 Å². The molecule has 0 aliphatic heterocycles. The molecule has 0 heterocycles. The fourth-order valence-corrected chi connectivity index (χ4v) is 3.32. The minimum absolute atomic E-state index is 0.186. The van der Waals surface area contributed by atoms with Crippen LogP contribution in [0.3, 0.4) is 0 Å². The van der Waals surface area contributed by atoms with Gasteiger partial charge in [-0.1, -0.05) is 49.0 Å². The molecular weight excluding hydrogens is 256 g/mol. The first-order valence-corrected chi connectivity index (χ1v) is 7.96.